The van der Waals surface area contributed by atoms with Crippen LogP contribution in [0.4, 0.5) is 0 Å². The summed E-state index contributed by atoms with van der Waals surface area (Å²) in [7, 11) is 0. The van der Waals surface area contributed by atoms with E-state index in [2.05, 4.69) is 11.8 Å². The monoisotopic (exact) mass is 394 g/mol. The number of likely N-dealkylation sites (tertiary alicyclic amines) is 1. The van der Waals surface area contributed by atoms with Gasteiger partial charge in [0.25, 0.3) is 11.8 Å². The molecular formula is C23H23ClN2O2. The van der Waals surface area contributed by atoms with E-state index in [9.17, 15) is 9.59 Å². The molecule has 0 saturated carbocycles. The maximum Gasteiger partial charge on any atom is 0.278 e. The molecule has 2 aliphatic heterocycles. The van der Waals surface area contributed by atoms with Crippen LogP contribution in [0.15, 0.2) is 60.3 Å². The second-order valence-corrected chi connectivity index (χ2v) is 8.02. The minimum atomic E-state index is -0.222. The number of nitrogens with zero attached hydrogens (tertiary/aromatic N) is 2. The number of carbonyl (C=O) groups excluding carboxylic acids is 2. The highest BCUT2D eigenvalue weighted by molar-refractivity contribution is 6.35. The molecule has 2 heterocycles. The lowest BCUT2D eigenvalue weighted by Crippen LogP contribution is -2.38. The second-order valence-electron chi connectivity index (χ2n) is 7.58. The zero-order valence-electron chi connectivity index (χ0n) is 15.9. The molecule has 144 valence electrons. The zero-order chi connectivity index (χ0) is 19.7. The Hall–Kier alpha value is -2.59. The number of imide groups is 1. The van der Waals surface area contributed by atoms with Crippen LogP contribution in [0.5, 0.6) is 0 Å². The highest BCUT2D eigenvalue weighted by atomic mass is 35.5. The van der Waals surface area contributed by atoms with Crippen molar-refractivity contribution >= 4 is 29.0 Å². The molecule has 2 amide bonds. The Morgan fingerprint density at radius 1 is 0.929 bits per heavy atom. The third kappa shape index (κ3) is 3.57. The first kappa shape index (κ1) is 18.8. The molecule has 0 spiro atoms. The van der Waals surface area contributed by atoms with Crippen molar-refractivity contribution in [2.75, 3.05) is 13.1 Å². The molecule has 2 aliphatic rings. The Balaban J connectivity index is 1.70. The molecule has 28 heavy (non-hydrogen) atoms. The Morgan fingerprint density at radius 3 is 2.21 bits per heavy atom. The molecule has 4 rings (SSSR count). The number of piperidine rings is 1. The van der Waals surface area contributed by atoms with E-state index in [1.807, 2.05) is 42.5 Å². The van der Waals surface area contributed by atoms with Crippen molar-refractivity contribution in [1.29, 1.82) is 0 Å². The van der Waals surface area contributed by atoms with E-state index >= 15 is 0 Å². The molecule has 5 heteroatoms. The molecule has 0 aliphatic carbocycles. The van der Waals surface area contributed by atoms with Gasteiger partial charge in [-0.15, -0.1) is 0 Å². The van der Waals surface area contributed by atoms with Crippen LogP contribution in [0, 0.1) is 5.92 Å². The molecule has 0 unspecified atom stereocenters. The minimum absolute atomic E-state index is 0.201. The number of benzene rings is 2. The Labute approximate surface area is 170 Å². The standard InChI is InChI=1S/C23H23ClN2O2/c1-16-11-13-25(14-12-16)21-20(18-5-3-2-4-6-18)22(27)26(23(21)28)15-17-7-9-19(24)10-8-17/h2-10,16H,11-15H2,1H3. The Morgan fingerprint density at radius 2 is 1.57 bits per heavy atom. The van der Waals surface area contributed by atoms with Crippen molar-refractivity contribution in [3.05, 3.63) is 76.4 Å². The van der Waals surface area contributed by atoms with E-state index in [-0.39, 0.29) is 18.4 Å². The molecule has 4 nitrogen and oxygen atoms in total. The number of halogens is 1. The predicted octanol–water partition coefficient (Wildman–Crippen LogP) is 4.35. The lowest BCUT2D eigenvalue weighted by Gasteiger charge is -2.32. The third-order valence-electron chi connectivity index (χ3n) is 5.56. The first-order valence-electron chi connectivity index (χ1n) is 9.70. The van der Waals surface area contributed by atoms with Crippen LogP contribution in [0.3, 0.4) is 0 Å². The van der Waals surface area contributed by atoms with Gasteiger partial charge in [0.2, 0.25) is 0 Å². The van der Waals surface area contributed by atoms with Gasteiger partial charge in [-0.1, -0.05) is 61.0 Å². The summed E-state index contributed by atoms with van der Waals surface area (Å²) >= 11 is 5.96. The van der Waals surface area contributed by atoms with Gasteiger partial charge in [0.15, 0.2) is 0 Å². The summed E-state index contributed by atoms with van der Waals surface area (Å²) in [5, 5.41) is 0.633. The molecule has 2 aromatic rings. The van der Waals surface area contributed by atoms with Crippen LogP contribution in [0.1, 0.15) is 30.9 Å². The minimum Gasteiger partial charge on any atom is -0.366 e. The van der Waals surface area contributed by atoms with Gasteiger partial charge >= 0.3 is 0 Å². The molecule has 2 aromatic carbocycles. The zero-order valence-corrected chi connectivity index (χ0v) is 16.7. The molecule has 1 saturated heterocycles. The average molecular weight is 395 g/mol. The normalized spacial score (nSPS) is 18.4. The number of hydrogen-bond donors (Lipinski definition) is 0. The quantitative estimate of drug-likeness (QED) is 0.724. The van der Waals surface area contributed by atoms with Crippen LogP contribution in [-0.2, 0) is 16.1 Å². The van der Waals surface area contributed by atoms with Gasteiger partial charge in [-0.2, -0.15) is 0 Å². The summed E-state index contributed by atoms with van der Waals surface area (Å²) in [6.07, 6.45) is 2.06. The summed E-state index contributed by atoms with van der Waals surface area (Å²) in [5.74, 6) is 0.225. The fourth-order valence-electron chi connectivity index (χ4n) is 3.87. The first-order valence-corrected chi connectivity index (χ1v) is 10.1. The maximum absolute atomic E-state index is 13.3. The van der Waals surface area contributed by atoms with Gasteiger partial charge in [-0.3, -0.25) is 14.5 Å². The molecule has 0 atom stereocenters. The van der Waals surface area contributed by atoms with Gasteiger partial charge in [0.1, 0.15) is 5.70 Å². The van der Waals surface area contributed by atoms with E-state index in [4.69, 9.17) is 11.6 Å². The number of carbonyl (C=O) groups is 2. The number of rotatable bonds is 4. The van der Waals surface area contributed by atoms with E-state index < -0.39 is 0 Å². The summed E-state index contributed by atoms with van der Waals surface area (Å²) in [6, 6.07) is 16.8. The average Bonchev–Trinajstić information content (AvgIpc) is 2.95. The van der Waals surface area contributed by atoms with Crippen molar-refractivity contribution in [2.45, 2.75) is 26.3 Å². The molecule has 1 fully saturated rings. The van der Waals surface area contributed by atoms with E-state index in [0.29, 0.717) is 22.2 Å². The van der Waals surface area contributed by atoms with Crippen molar-refractivity contribution in [3.63, 3.8) is 0 Å². The Kier molecular flexibility index (Phi) is 5.23. The lowest BCUT2D eigenvalue weighted by molar-refractivity contribution is -0.138. The van der Waals surface area contributed by atoms with E-state index in [0.717, 1.165) is 37.1 Å². The van der Waals surface area contributed by atoms with Gasteiger partial charge in [0.05, 0.1) is 12.1 Å². The van der Waals surface area contributed by atoms with Gasteiger partial charge in [-0.05, 0) is 42.0 Å². The lowest BCUT2D eigenvalue weighted by atomic mass is 9.97. The fourth-order valence-corrected chi connectivity index (χ4v) is 4.00. The van der Waals surface area contributed by atoms with Crippen LogP contribution in [0.25, 0.3) is 5.57 Å². The van der Waals surface area contributed by atoms with Crippen LogP contribution < -0.4 is 0 Å². The number of amides is 2. The van der Waals surface area contributed by atoms with E-state index in [1.165, 1.54) is 4.90 Å². The SMILES string of the molecule is CC1CCN(C2=C(c3ccccc3)C(=O)N(Cc3ccc(Cl)cc3)C2=O)CC1. The third-order valence-corrected chi connectivity index (χ3v) is 5.81. The van der Waals surface area contributed by atoms with Crippen LogP contribution in [0.2, 0.25) is 5.02 Å². The molecule has 0 aromatic heterocycles. The fraction of sp³-hybridized carbons (Fsp3) is 0.304. The van der Waals surface area contributed by atoms with Gasteiger partial charge in [0, 0.05) is 18.1 Å². The smallest absolute Gasteiger partial charge is 0.278 e. The van der Waals surface area contributed by atoms with Crippen molar-refractivity contribution in [2.24, 2.45) is 5.92 Å². The highest BCUT2D eigenvalue weighted by Crippen LogP contribution is 2.34. The molecule has 0 bridgehead atoms. The van der Waals surface area contributed by atoms with Crippen molar-refractivity contribution in [1.82, 2.24) is 9.80 Å². The van der Waals surface area contributed by atoms with Crippen LogP contribution in [-0.4, -0.2) is 34.7 Å². The molecular weight excluding hydrogens is 372 g/mol. The highest BCUT2D eigenvalue weighted by Gasteiger charge is 2.41. The van der Waals surface area contributed by atoms with E-state index in [1.54, 1.807) is 12.1 Å². The summed E-state index contributed by atoms with van der Waals surface area (Å²) < 4.78 is 0. The second kappa shape index (κ2) is 7.80. The summed E-state index contributed by atoms with van der Waals surface area (Å²) in [4.78, 5) is 30.1. The van der Waals surface area contributed by atoms with Crippen molar-refractivity contribution < 1.29 is 9.59 Å². The summed E-state index contributed by atoms with van der Waals surface area (Å²) in [6.45, 7) is 4.10. The molecule has 0 N–H and O–H groups in total. The van der Waals surface area contributed by atoms with Gasteiger partial charge in [-0.25, -0.2) is 0 Å². The molecule has 0 radical (unpaired) electrons. The van der Waals surface area contributed by atoms with Crippen molar-refractivity contribution in [3.8, 4) is 0 Å². The predicted molar refractivity (Wildman–Crippen MR) is 110 cm³/mol. The van der Waals surface area contributed by atoms with Crippen LogP contribution >= 0.6 is 11.6 Å². The van der Waals surface area contributed by atoms with Gasteiger partial charge < -0.3 is 4.90 Å². The Bertz CT molecular complexity index is 913. The number of hydrogen-bond acceptors (Lipinski definition) is 3. The topological polar surface area (TPSA) is 40.6 Å². The summed E-state index contributed by atoms with van der Waals surface area (Å²) in [5.41, 5.74) is 2.76. The largest absolute Gasteiger partial charge is 0.366 e. The first-order chi connectivity index (χ1) is 13.5. The maximum atomic E-state index is 13.3.